The number of aromatic carboxylic acids is 1. The van der Waals surface area contributed by atoms with Crippen LogP contribution in [-0.2, 0) is 7.05 Å². The van der Waals surface area contributed by atoms with Crippen LogP contribution in [0, 0.1) is 0 Å². The molecule has 6 nitrogen and oxygen atoms in total. The first-order valence-electron chi connectivity index (χ1n) is 5.73. The average Bonchev–Trinajstić information content (AvgIpc) is 2.81. The van der Waals surface area contributed by atoms with E-state index in [4.69, 9.17) is 14.6 Å². The molecule has 2 rings (SSSR count). The Kier molecular flexibility index (Phi) is 4.02. The number of carboxylic acid groups (broad SMARTS) is 1. The van der Waals surface area contributed by atoms with Crippen LogP contribution in [0.1, 0.15) is 10.4 Å². The fourth-order valence-corrected chi connectivity index (χ4v) is 1.49. The first-order chi connectivity index (χ1) is 9.15. The van der Waals surface area contributed by atoms with Crippen molar-refractivity contribution in [1.82, 2.24) is 9.78 Å². The molecule has 0 unspecified atom stereocenters. The smallest absolute Gasteiger partial charge is 0.335 e. The van der Waals surface area contributed by atoms with E-state index in [1.807, 2.05) is 7.05 Å². The largest absolute Gasteiger partial charge is 0.490 e. The Morgan fingerprint density at radius 1 is 1.21 bits per heavy atom. The highest BCUT2D eigenvalue weighted by Crippen LogP contribution is 2.12. The number of aryl methyl sites for hydroxylation is 1. The summed E-state index contributed by atoms with van der Waals surface area (Å²) in [6, 6.07) is 6.24. The molecule has 0 fully saturated rings. The van der Waals surface area contributed by atoms with Gasteiger partial charge in [0.1, 0.15) is 19.0 Å². The van der Waals surface area contributed by atoms with Crippen molar-refractivity contribution in [1.29, 1.82) is 0 Å². The first-order valence-corrected chi connectivity index (χ1v) is 5.73. The van der Waals surface area contributed by atoms with Crippen LogP contribution in [0.2, 0.25) is 0 Å². The second-order valence-corrected chi connectivity index (χ2v) is 3.88. The summed E-state index contributed by atoms with van der Waals surface area (Å²) in [5.74, 6) is 0.346. The topological polar surface area (TPSA) is 73.6 Å². The van der Waals surface area contributed by atoms with E-state index in [9.17, 15) is 4.79 Å². The van der Waals surface area contributed by atoms with Gasteiger partial charge in [-0.25, -0.2) is 4.79 Å². The third-order valence-electron chi connectivity index (χ3n) is 2.40. The van der Waals surface area contributed by atoms with E-state index in [0.717, 1.165) is 0 Å². The van der Waals surface area contributed by atoms with E-state index in [1.165, 1.54) is 12.1 Å². The van der Waals surface area contributed by atoms with Gasteiger partial charge in [-0.05, 0) is 24.3 Å². The standard InChI is InChI=1S/C13H14N2O4/c1-15-9-12(8-14-15)19-7-6-18-11-4-2-10(3-5-11)13(16)17/h2-5,8-9H,6-7H2,1H3,(H,16,17). The lowest BCUT2D eigenvalue weighted by molar-refractivity contribution is 0.0697. The minimum Gasteiger partial charge on any atom is -0.490 e. The molecule has 0 saturated carbocycles. The predicted molar refractivity (Wildman–Crippen MR) is 67.6 cm³/mol. The van der Waals surface area contributed by atoms with Gasteiger partial charge in [-0.2, -0.15) is 5.10 Å². The lowest BCUT2D eigenvalue weighted by atomic mass is 10.2. The summed E-state index contributed by atoms with van der Waals surface area (Å²) in [4.78, 5) is 10.7. The van der Waals surface area contributed by atoms with Crippen LogP contribution in [0.5, 0.6) is 11.5 Å². The Bertz CT molecular complexity index is 548. The third kappa shape index (κ3) is 3.74. The Morgan fingerprint density at radius 2 is 1.84 bits per heavy atom. The molecule has 1 N–H and O–H groups in total. The summed E-state index contributed by atoms with van der Waals surface area (Å²) in [6.45, 7) is 0.772. The van der Waals surface area contributed by atoms with Crippen LogP contribution in [0.3, 0.4) is 0 Å². The van der Waals surface area contributed by atoms with Crippen LogP contribution in [0.4, 0.5) is 0 Å². The summed E-state index contributed by atoms with van der Waals surface area (Å²) in [7, 11) is 1.81. The lowest BCUT2D eigenvalue weighted by Gasteiger charge is -2.07. The van der Waals surface area contributed by atoms with Crippen molar-refractivity contribution >= 4 is 5.97 Å². The molecule has 0 aliphatic carbocycles. The van der Waals surface area contributed by atoms with E-state index >= 15 is 0 Å². The minimum atomic E-state index is -0.952. The number of carbonyl (C=O) groups is 1. The van der Waals surface area contributed by atoms with E-state index in [1.54, 1.807) is 29.2 Å². The number of carboxylic acids is 1. The number of hydrogen-bond donors (Lipinski definition) is 1. The zero-order chi connectivity index (χ0) is 13.7. The maximum Gasteiger partial charge on any atom is 0.335 e. The van der Waals surface area contributed by atoms with Crippen LogP contribution in [0.15, 0.2) is 36.7 Å². The van der Waals surface area contributed by atoms with Crippen molar-refractivity contribution in [3.8, 4) is 11.5 Å². The fraction of sp³-hybridized carbons (Fsp3) is 0.231. The van der Waals surface area contributed by atoms with Crippen molar-refractivity contribution in [3.63, 3.8) is 0 Å². The maximum absolute atomic E-state index is 10.7. The normalized spacial score (nSPS) is 10.2. The highest BCUT2D eigenvalue weighted by molar-refractivity contribution is 5.87. The molecule has 2 aromatic rings. The molecule has 19 heavy (non-hydrogen) atoms. The van der Waals surface area contributed by atoms with Crippen LogP contribution < -0.4 is 9.47 Å². The summed E-state index contributed by atoms with van der Waals surface area (Å²) >= 11 is 0. The molecule has 1 heterocycles. The third-order valence-corrected chi connectivity index (χ3v) is 2.40. The molecule has 0 amide bonds. The number of ether oxygens (including phenoxy) is 2. The second kappa shape index (κ2) is 5.90. The van der Waals surface area contributed by atoms with Gasteiger partial charge in [0.2, 0.25) is 0 Å². The molecule has 0 saturated heterocycles. The number of aromatic nitrogens is 2. The SMILES string of the molecule is Cn1cc(OCCOc2ccc(C(=O)O)cc2)cn1. The molecule has 100 valence electrons. The highest BCUT2D eigenvalue weighted by Gasteiger charge is 2.02. The molecule has 1 aromatic carbocycles. The Hall–Kier alpha value is -2.50. The van der Waals surface area contributed by atoms with Crippen LogP contribution >= 0.6 is 0 Å². The summed E-state index contributed by atoms with van der Waals surface area (Å²) in [6.07, 6.45) is 3.39. The quantitative estimate of drug-likeness (QED) is 0.800. The molecule has 1 aromatic heterocycles. The van der Waals surface area contributed by atoms with Crippen molar-refractivity contribution in [2.75, 3.05) is 13.2 Å². The number of rotatable bonds is 6. The zero-order valence-electron chi connectivity index (χ0n) is 10.4. The van der Waals surface area contributed by atoms with Gasteiger partial charge in [-0.3, -0.25) is 4.68 Å². The van der Waals surface area contributed by atoms with Crippen LogP contribution in [0.25, 0.3) is 0 Å². The van der Waals surface area contributed by atoms with Gasteiger partial charge in [0, 0.05) is 7.05 Å². The van der Waals surface area contributed by atoms with Crippen LogP contribution in [-0.4, -0.2) is 34.1 Å². The summed E-state index contributed by atoms with van der Waals surface area (Å²) in [5, 5.41) is 12.7. The van der Waals surface area contributed by atoms with Gasteiger partial charge < -0.3 is 14.6 Å². The van der Waals surface area contributed by atoms with Gasteiger partial charge in [0.25, 0.3) is 0 Å². The van der Waals surface area contributed by atoms with E-state index in [-0.39, 0.29) is 5.56 Å². The minimum absolute atomic E-state index is 0.235. The molecular formula is C13H14N2O4. The second-order valence-electron chi connectivity index (χ2n) is 3.88. The lowest BCUT2D eigenvalue weighted by Crippen LogP contribution is -2.08. The number of hydrogen-bond acceptors (Lipinski definition) is 4. The summed E-state index contributed by atoms with van der Waals surface area (Å²) in [5.41, 5.74) is 0.235. The van der Waals surface area contributed by atoms with Gasteiger partial charge in [-0.1, -0.05) is 0 Å². The molecule has 0 aliphatic rings. The number of nitrogens with zero attached hydrogens (tertiary/aromatic N) is 2. The molecule has 0 spiro atoms. The monoisotopic (exact) mass is 262 g/mol. The van der Waals surface area contributed by atoms with Crippen molar-refractivity contribution in [3.05, 3.63) is 42.2 Å². The van der Waals surface area contributed by atoms with Gasteiger partial charge in [0.05, 0.1) is 18.0 Å². The molecule has 0 atom stereocenters. The Labute approximate surface area is 110 Å². The van der Waals surface area contributed by atoms with Crippen molar-refractivity contribution < 1.29 is 19.4 Å². The van der Waals surface area contributed by atoms with E-state index in [2.05, 4.69) is 5.10 Å². The number of benzene rings is 1. The average molecular weight is 262 g/mol. The van der Waals surface area contributed by atoms with Gasteiger partial charge in [0.15, 0.2) is 5.75 Å². The summed E-state index contributed by atoms with van der Waals surface area (Å²) < 4.78 is 12.5. The van der Waals surface area contributed by atoms with E-state index < -0.39 is 5.97 Å². The van der Waals surface area contributed by atoms with Gasteiger partial charge >= 0.3 is 5.97 Å². The molecule has 0 bridgehead atoms. The highest BCUT2D eigenvalue weighted by atomic mass is 16.5. The Balaban J connectivity index is 1.75. The molecule has 0 aliphatic heterocycles. The predicted octanol–water partition coefficient (Wildman–Crippen LogP) is 1.58. The Morgan fingerprint density at radius 3 is 2.37 bits per heavy atom. The van der Waals surface area contributed by atoms with Crippen molar-refractivity contribution in [2.24, 2.45) is 7.05 Å². The van der Waals surface area contributed by atoms with Crippen molar-refractivity contribution in [2.45, 2.75) is 0 Å². The molecule has 0 radical (unpaired) electrons. The maximum atomic E-state index is 10.7. The fourth-order valence-electron chi connectivity index (χ4n) is 1.49. The molecule has 6 heteroatoms. The molecular weight excluding hydrogens is 248 g/mol. The zero-order valence-corrected chi connectivity index (χ0v) is 10.4. The van der Waals surface area contributed by atoms with E-state index in [0.29, 0.717) is 24.7 Å². The first kappa shape index (κ1) is 12.9. The van der Waals surface area contributed by atoms with Gasteiger partial charge in [-0.15, -0.1) is 0 Å².